The Balaban J connectivity index is 2.11. The second-order valence-electron chi connectivity index (χ2n) is 5.34. The van der Waals surface area contributed by atoms with E-state index in [0.29, 0.717) is 17.3 Å². The fourth-order valence-electron chi connectivity index (χ4n) is 2.39. The van der Waals surface area contributed by atoms with E-state index in [-0.39, 0.29) is 23.0 Å². The molecule has 0 fully saturated rings. The van der Waals surface area contributed by atoms with E-state index in [1.165, 1.54) is 17.8 Å². The molecule has 2 rings (SSSR count). The first-order valence-electron chi connectivity index (χ1n) is 7.41. The second-order valence-corrected chi connectivity index (χ2v) is 6.29. The van der Waals surface area contributed by atoms with Crippen LogP contribution in [0.3, 0.4) is 0 Å². The lowest BCUT2D eigenvalue weighted by molar-refractivity contribution is -0.384. The Labute approximate surface area is 143 Å². The van der Waals surface area contributed by atoms with Crippen LogP contribution in [0.2, 0.25) is 0 Å². The summed E-state index contributed by atoms with van der Waals surface area (Å²) in [5.74, 6) is 0.562. The number of nitrogens with zero attached hydrogens (tertiary/aromatic N) is 4. The minimum atomic E-state index is -0.486. The zero-order valence-corrected chi connectivity index (χ0v) is 14.8. The number of nitro groups is 1. The zero-order valence-electron chi connectivity index (χ0n) is 14.0. The topological polar surface area (TPSA) is 103 Å². The third-order valence-electron chi connectivity index (χ3n) is 3.47. The van der Waals surface area contributed by atoms with Crippen LogP contribution in [0.15, 0.2) is 17.3 Å². The number of nitrogens with one attached hydrogen (secondary N) is 1. The van der Waals surface area contributed by atoms with Gasteiger partial charge in [-0.05, 0) is 38.8 Å². The summed E-state index contributed by atoms with van der Waals surface area (Å²) in [5, 5.41) is 22.5. The molecule has 1 aromatic heterocycles. The van der Waals surface area contributed by atoms with Crippen molar-refractivity contribution in [1.29, 1.82) is 0 Å². The van der Waals surface area contributed by atoms with Crippen LogP contribution in [-0.2, 0) is 11.3 Å². The lowest BCUT2D eigenvalue weighted by Gasteiger charge is -2.10. The van der Waals surface area contributed by atoms with Gasteiger partial charge in [-0.2, -0.15) is 0 Å². The normalized spacial score (nSPS) is 10.7. The van der Waals surface area contributed by atoms with Crippen molar-refractivity contribution in [3.63, 3.8) is 0 Å². The first kappa shape index (κ1) is 17.9. The van der Waals surface area contributed by atoms with Crippen LogP contribution in [0.5, 0.6) is 0 Å². The van der Waals surface area contributed by atoms with Gasteiger partial charge in [-0.15, -0.1) is 10.2 Å². The van der Waals surface area contributed by atoms with Crippen LogP contribution in [0, 0.1) is 30.9 Å². The van der Waals surface area contributed by atoms with Crippen molar-refractivity contribution < 1.29 is 9.72 Å². The third-order valence-corrected chi connectivity index (χ3v) is 4.44. The summed E-state index contributed by atoms with van der Waals surface area (Å²) >= 11 is 1.25. The van der Waals surface area contributed by atoms with Gasteiger partial charge < -0.3 is 9.88 Å². The number of amides is 1. The quantitative estimate of drug-likeness (QED) is 0.489. The van der Waals surface area contributed by atoms with Gasteiger partial charge in [-0.3, -0.25) is 14.9 Å². The molecule has 9 heteroatoms. The van der Waals surface area contributed by atoms with Gasteiger partial charge in [0.05, 0.1) is 10.7 Å². The third kappa shape index (κ3) is 3.91. The van der Waals surface area contributed by atoms with E-state index in [2.05, 4.69) is 15.5 Å². The number of thioether (sulfide) groups is 1. The summed E-state index contributed by atoms with van der Waals surface area (Å²) in [7, 11) is 0. The lowest BCUT2D eigenvalue weighted by Crippen LogP contribution is -2.16. The molecule has 1 amide bonds. The van der Waals surface area contributed by atoms with E-state index in [0.717, 1.165) is 11.4 Å². The van der Waals surface area contributed by atoms with Crippen molar-refractivity contribution in [3.8, 4) is 0 Å². The van der Waals surface area contributed by atoms with Gasteiger partial charge in [-0.25, -0.2) is 0 Å². The van der Waals surface area contributed by atoms with Crippen LogP contribution in [-0.4, -0.2) is 31.3 Å². The number of rotatable bonds is 6. The molecule has 1 N–H and O–H groups in total. The maximum atomic E-state index is 12.2. The number of nitro benzene ring substituents is 1. The molecular formula is C15H19N5O3S. The minimum Gasteiger partial charge on any atom is -0.319 e. The molecule has 0 aliphatic carbocycles. The number of aromatic nitrogens is 3. The van der Waals surface area contributed by atoms with Crippen molar-refractivity contribution in [2.75, 3.05) is 11.1 Å². The van der Waals surface area contributed by atoms with Crippen molar-refractivity contribution >= 4 is 29.0 Å². The maximum absolute atomic E-state index is 12.2. The monoisotopic (exact) mass is 349 g/mol. The number of carbonyl (C=O) groups is 1. The SMILES string of the molecule is CCn1c(C)nnc1SCC(=O)Nc1c(C)cc(C)cc1[N+](=O)[O-]. The van der Waals surface area contributed by atoms with Crippen LogP contribution in [0.1, 0.15) is 23.9 Å². The van der Waals surface area contributed by atoms with E-state index < -0.39 is 4.92 Å². The molecular weight excluding hydrogens is 330 g/mol. The molecule has 0 aliphatic rings. The van der Waals surface area contributed by atoms with E-state index >= 15 is 0 Å². The molecule has 0 atom stereocenters. The fraction of sp³-hybridized carbons (Fsp3) is 0.400. The number of anilines is 1. The Hall–Kier alpha value is -2.42. The highest BCUT2D eigenvalue weighted by Gasteiger charge is 2.19. The average molecular weight is 349 g/mol. The van der Waals surface area contributed by atoms with E-state index in [4.69, 9.17) is 0 Å². The van der Waals surface area contributed by atoms with Crippen LogP contribution in [0.25, 0.3) is 0 Å². The number of benzene rings is 1. The average Bonchev–Trinajstić information content (AvgIpc) is 2.87. The Morgan fingerprint density at radius 3 is 2.67 bits per heavy atom. The summed E-state index contributed by atoms with van der Waals surface area (Å²) in [5.41, 5.74) is 1.58. The Bertz CT molecular complexity index is 788. The van der Waals surface area contributed by atoms with E-state index in [1.807, 2.05) is 18.4 Å². The molecule has 8 nitrogen and oxygen atoms in total. The molecule has 0 aliphatic heterocycles. The van der Waals surface area contributed by atoms with Crippen molar-refractivity contribution in [2.24, 2.45) is 0 Å². The van der Waals surface area contributed by atoms with Gasteiger partial charge in [0, 0.05) is 12.6 Å². The van der Waals surface area contributed by atoms with E-state index in [1.54, 1.807) is 19.9 Å². The molecule has 0 unspecified atom stereocenters. The van der Waals surface area contributed by atoms with Gasteiger partial charge in [0.25, 0.3) is 5.69 Å². The van der Waals surface area contributed by atoms with Crippen LogP contribution >= 0.6 is 11.8 Å². The molecule has 0 radical (unpaired) electrons. The summed E-state index contributed by atoms with van der Waals surface area (Å²) in [6.07, 6.45) is 0. The number of hydrogen-bond donors (Lipinski definition) is 1. The Kier molecular flexibility index (Phi) is 5.55. The molecule has 1 aromatic carbocycles. The van der Waals surface area contributed by atoms with Crippen molar-refractivity contribution in [2.45, 2.75) is 39.4 Å². The molecule has 0 saturated carbocycles. The van der Waals surface area contributed by atoms with E-state index in [9.17, 15) is 14.9 Å². The summed E-state index contributed by atoms with van der Waals surface area (Å²) in [6, 6.07) is 3.25. The van der Waals surface area contributed by atoms with Gasteiger partial charge in [-0.1, -0.05) is 17.8 Å². The van der Waals surface area contributed by atoms with Crippen molar-refractivity contribution in [3.05, 3.63) is 39.2 Å². The number of carbonyl (C=O) groups excluding carboxylic acids is 1. The molecule has 0 bridgehead atoms. The molecule has 128 valence electrons. The fourth-order valence-corrected chi connectivity index (χ4v) is 3.24. The first-order valence-corrected chi connectivity index (χ1v) is 8.40. The minimum absolute atomic E-state index is 0.0987. The highest BCUT2D eigenvalue weighted by atomic mass is 32.2. The molecule has 24 heavy (non-hydrogen) atoms. The Morgan fingerprint density at radius 2 is 2.04 bits per heavy atom. The molecule has 0 spiro atoms. The number of aryl methyl sites for hydroxylation is 3. The maximum Gasteiger partial charge on any atom is 0.293 e. The highest BCUT2D eigenvalue weighted by molar-refractivity contribution is 7.99. The smallest absolute Gasteiger partial charge is 0.293 e. The lowest BCUT2D eigenvalue weighted by atomic mass is 10.1. The van der Waals surface area contributed by atoms with Gasteiger partial charge in [0.15, 0.2) is 5.16 Å². The summed E-state index contributed by atoms with van der Waals surface area (Å²) < 4.78 is 1.90. The molecule has 2 aromatic rings. The Morgan fingerprint density at radius 1 is 1.33 bits per heavy atom. The van der Waals surface area contributed by atoms with Gasteiger partial charge >= 0.3 is 0 Å². The molecule has 1 heterocycles. The second kappa shape index (κ2) is 7.43. The zero-order chi connectivity index (χ0) is 17.9. The van der Waals surface area contributed by atoms with Gasteiger partial charge in [0.2, 0.25) is 5.91 Å². The highest BCUT2D eigenvalue weighted by Crippen LogP contribution is 2.30. The van der Waals surface area contributed by atoms with Crippen molar-refractivity contribution in [1.82, 2.24) is 14.8 Å². The molecule has 0 saturated heterocycles. The summed E-state index contributed by atoms with van der Waals surface area (Å²) in [4.78, 5) is 22.9. The van der Waals surface area contributed by atoms with Gasteiger partial charge in [0.1, 0.15) is 11.5 Å². The number of hydrogen-bond acceptors (Lipinski definition) is 6. The van der Waals surface area contributed by atoms with Crippen LogP contribution in [0.4, 0.5) is 11.4 Å². The van der Waals surface area contributed by atoms with Crippen LogP contribution < -0.4 is 5.32 Å². The standard InChI is InChI=1S/C15H19N5O3S/c1-5-19-11(4)17-18-15(19)24-8-13(21)16-14-10(3)6-9(2)7-12(14)20(22)23/h6-7H,5,8H2,1-4H3,(H,16,21). The largest absolute Gasteiger partial charge is 0.319 e. The predicted octanol–water partition coefficient (Wildman–Crippen LogP) is 2.86. The summed E-state index contributed by atoms with van der Waals surface area (Å²) in [6.45, 7) is 8.05. The predicted molar refractivity (Wildman–Crippen MR) is 92.4 cm³/mol. The first-order chi connectivity index (χ1) is 11.3.